The second-order valence-corrected chi connectivity index (χ2v) is 5.47. The number of hydrogen-bond acceptors (Lipinski definition) is 7. The van der Waals surface area contributed by atoms with Crippen LogP contribution in [0.3, 0.4) is 0 Å². The summed E-state index contributed by atoms with van der Waals surface area (Å²) in [7, 11) is 1.31. The fourth-order valence-electron chi connectivity index (χ4n) is 1.92. The minimum absolute atomic E-state index is 0.0370. The molecule has 26 heavy (non-hydrogen) atoms. The molecular formula is C16H14ClN3O6. The number of nitro groups is 1. The number of rotatable bonds is 6. The molecule has 0 spiro atoms. The first-order valence-electron chi connectivity index (χ1n) is 7.27. The number of anilines is 1. The van der Waals surface area contributed by atoms with Crippen molar-refractivity contribution in [2.45, 2.75) is 13.0 Å². The van der Waals surface area contributed by atoms with Crippen LogP contribution in [0.5, 0.6) is 5.75 Å². The summed E-state index contributed by atoms with van der Waals surface area (Å²) in [5.41, 5.74) is -0.0247. The van der Waals surface area contributed by atoms with Crippen LogP contribution in [0.2, 0.25) is 5.02 Å². The minimum Gasteiger partial charge on any atom is -0.494 e. The van der Waals surface area contributed by atoms with Gasteiger partial charge >= 0.3 is 5.97 Å². The van der Waals surface area contributed by atoms with E-state index in [1.807, 2.05) is 0 Å². The molecular weight excluding hydrogens is 366 g/mol. The van der Waals surface area contributed by atoms with Gasteiger partial charge in [-0.3, -0.25) is 14.9 Å². The van der Waals surface area contributed by atoms with Crippen molar-refractivity contribution in [2.75, 3.05) is 12.4 Å². The number of aromatic nitrogens is 1. The average molecular weight is 380 g/mol. The van der Waals surface area contributed by atoms with E-state index in [9.17, 15) is 19.7 Å². The van der Waals surface area contributed by atoms with Crippen molar-refractivity contribution in [1.29, 1.82) is 0 Å². The van der Waals surface area contributed by atoms with E-state index in [1.165, 1.54) is 50.6 Å². The second-order valence-electron chi connectivity index (χ2n) is 5.04. The Morgan fingerprint density at radius 1 is 1.31 bits per heavy atom. The van der Waals surface area contributed by atoms with E-state index < -0.39 is 22.9 Å². The summed E-state index contributed by atoms with van der Waals surface area (Å²) in [6, 6.07) is 6.51. The summed E-state index contributed by atoms with van der Waals surface area (Å²) in [5, 5.41) is 13.6. The number of ether oxygens (including phenoxy) is 2. The minimum atomic E-state index is -1.15. The van der Waals surface area contributed by atoms with Crippen molar-refractivity contribution in [3.63, 3.8) is 0 Å². The smallest absolute Gasteiger partial charge is 0.357 e. The Morgan fingerprint density at radius 2 is 2.04 bits per heavy atom. The third kappa shape index (κ3) is 4.67. The van der Waals surface area contributed by atoms with Crippen LogP contribution in [0.1, 0.15) is 17.4 Å². The molecule has 1 atom stereocenters. The van der Waals surface area contributed by atoms with Crippen LogP contribution in [-0.4, -0.2) is 35.0 Å². The number of pyridine rings is 1. The van der Waals surface area contributed by atoms with Gasteiger partial charge in [-0.25, -0.2) is 9.78 Å². The predicted octanol–water partition coefficient (Wildman–Crippen LogP) is 2.84. The number of carbonyl (C=O) groups excluding carboxylic acids is 2. The largest absolute Gasteiger partial charge is 0.494 e. The molecule has 0 aliphatic rings. The average Bonchev–Trinajstić information content (AvgIpc) is 2.61. The molecule has 0 fully saturated rings. The lowest BCUT2D eigenvalue weighted by Crippen LogP contribution is -2.30. The van der Waals surface area contributed by atoms with Crippen LogP contribution in [0.15, 0.2) is 36.5 Å². The van der Waals surface area contributed by atoms with Crippen molar-refractivity contribution in [3.8, 4) is 5.75 Å². The van der Waals surface area contributed by atoms with Crippen LogP contribution in [0.4, 0.5) is 11.4 Å². The first kappa shape index (κ1) is 19.1. The van der Waals surface area contributed by atoms with Gasteiger partial charge in [-0.05, 0) is 25.1 Å². The molecule has 0 unspecified atom stereocenters. The highest BCUT2D eigenvalue weighted by molar-refractivity contribution is 6.30. The van der Waals surface area contributed by atoms with Gasteiger partial charge in [0.25, 0.3) is 11.6 Å². The second kappa shape index (κ2) is 8.26. The summed E-state index contributed by atoms with van der Waals surface area (Å²) in [6.45, 7) is 1.37. The van der Waals surface area contributed by atoms with Gasteiger partial charge in [-0.1, -0.05) is 11.6 Å². The molecule has 2 rings (SSSR count). The van der Waals surface area contributed by atoms with Crippen molar-refractivity contribution < 1.29 is 24.0 Å². The predicted molar refractivity (Wildman–Crippen MR) is 92.4 cm³/mol. The molecule has 9 nitrogen and oxygen atoms in total. The van der Waals surface area contributed by atoms with Gasteiger partial charge in [-0.2, -0.15) is 0 Å². The van der Waals surface area contributed by atoms with Gasteiger partial charge in [0.15, 0.2) is 6.10 Å². The highest BCUT2D eigenvalue weighted by Gasteiger charge is 2.22. The van der Waals surface area contributed by atoms with E-state index in [1.54, 1.807) is 0 Å². The first-order valence-corrected chi connectivity index (χ1v) is 7.65. The lowest BCUT2D eigenvalue weighted by Gasteiger charge is -2.15. The quantitative estimate of drug-likeness (QED) is 0.465. The zero-order valence-corrected chi connectivity index (χ0v) is 14.5. The van der Waals surface area contributed by atoms with E-state index in [2.05, 4.69) is 10.3 Å². The lowest BCUT2D eigenvalue weighted by molar-refractivity contribution is -0.384. The van der Waals surface area contributed by atoms with Crippen molar-refractivity contribution >= 4 is 34.9 Å². The first-order chi connectivity index (χ1) is 12.3. The zero-order valence-electron chi connectivity index (χ0n) is 13.8. The Bertz CT molecular complexity index is 858. The van der Waals surface area contributed by atoms with E-state index in [0.717, 1.165) is 0 Å². The summed E-state index contributed by atoms with van der Waals surface area (Å²) >= 11 is 5.77. The number of nitro benzene ring substituents is 1. The standard InChI is InChI=1S/C16H14ClN3O6/c1-9(26-16(22)13-7-10(17)5-6-18-13)15(21)19-12-4-3-11(20(23)24)8-14(12)25-2/h3-9H,1-2H3,(H,19,21)/t9-/m0/s1. The summed E-state index contributed by atoms with van der Waals surface area (Å²) in [6.07, 6.45) is 0.189. The summed E-state index contributed by atoms with van der Waals surface area (Å²) in [5.74, 6) is -1.36. The molecule has 0 saturated carbocycles. The van der Waals surface area contributed by atoms with Crippen molar-refractivity contribution in [3.05, 3.63) is 57.4 Å². The van der Waals surface area contributed by atoms with Crippen molar-refractivity contribution in [1.82, 2.24) is 4.98 Å². The SMILES string of the molecule is COc1cc([N+](=O)[O-])ccc1NC(=O)[C@H](C)OC(=O)c1cc(Cl)ccn1. The molecule has 1 aromatic heterocycles. The number of amides is 1. The van der Waals surface area contributed by atoms with Gasteiger partial charge in [0.05, 0.1) is 23.8 Å². The maximum absolute atomic E-state index is 12.2. The molecule has 0 aliphatic heterocycles. The molecule has 10 heteroatoms. The Kier molecular flexibility index (Phi) is 6.07. The van der Waals surface area contributed by atoms with E-state index >= 15 is 0 Å². The highest BCUT2D eigenvalue weighted by Crippen LogP contribution is 2.29. The third-order valence-corrected chi connectivity index (χ3v) is 3.47. The maximum Gasteiger partial charge on any atom is 0.357 e. The maximum atomic E-state index is 12.2. The number of nitrogens with zero attached hydrogens (tertiary/aromatic N) is 2. The summed E-state index contributed by atoms with van der Waals surface area (Å²) in [4.78, 5) is 38.2. The molecule has 0 aliphatic carbocycles. The highest BCUT2D eigenvalue weighted by atomic mass is 35.5. The van der Waals surface area contributed by atoms with Crippen molar-refractivity contribution in [2.24, 2.45) is 0 Å². The van der Waals surface area contributed by atoms with Crippen LogP contribution in [-0.2, 0) is 9.53 Å². The molecule has 1 N–H and O–H groups in total. The number of hydrogen-bond donors (Lipinski definition) is 1. The Morgan fingerprint density at radius 3 is 2.65 bits per heavy atom. The molecule has 0 radical (unpaired) electrons. The fourth-order valence-corrected chi connectivity index (χ4v) is 2.08. The van der Waals surface area contributed by atoms with Gasteiger partial charge in [-0.15, -0.1) is 0 Å². The van der Waals surface area contributed by atoms with Crippen LogP contribution in [0.25, 0.3) is 0 Å². The number of benzene rings is 1. The lowest BCUT2D eigenvalue weighted by atomic mass is 10.2. The number of halogens is 1. The molecule has 0 bridgehead atoms. The number of methoxy groups -OCH3 is 1. The zero-order chi connectivity index (χ0) is 19.3. The monoisotopic (exact) mass is 379 g/mol. The molecule has 2 aromatic rings. The normalized spacial score (nSPS) is 11.3. The van der Waals surface area contributed by atoms with Crippen LogP contribution in [0, 0.1) is 10.1 Å². The van der Waals surface area contributed by atoms with Gasteiger partial charge in [0.1, 0.15) is 11.4 Å². The molecule has 1 aromatic carbocycles. The third-order valence-electron chi connectivity index (χ3n) is 3.24. The molecule has 1 amide bonds. The molecule has 1 heterocycles. The topological polar surface area (TPSA) is 121 Å². The van der Waals surface area contributed by atoms with Crippen LogP contribution < -0.4 is 10.1 Å². The van der Waals surface area contributed by atoms with Crippen LogP contribution >= 0.6 is 11.6 Å². The van der Waals surface area contributed by atoms with E-state index in [4.69, 9.17) is 21.1 Å². The molecule has 136 valence electrons. The fraction of sp³-hybridized carbons (Fsp3) is 0.188. The Hall–Kier alpha value is -3.20. The number of carbonyl (C=O) groups is 2. The van der Waals surface area contributed by atoms with E-state index in [-0.39, 0.29) is 22.8 Å². The van der Waals surface area contributed by atoms with Gasteiger partial charge in [0, 0.05) is 17.3 Å². The molecule has 0 saturated heterocycles. The van der Waals surface area contributed by atoms with E-state index in [0.29, 0.717) is 5.02 Å². The number of non-ortho nitro benzene ring substituents is 1. The van der Waals surface area contributed by atoms with Gasteiger partial charge in [0.2, 0.25) is 0 Å². The summed E-state index contributed by atoms with van der Waals surface area (Å²) < 4.78 is 10.1. The number of nitrogens with one attached hydrogen (secondary N) is 1. The van der Waals surface area contributed by atoms with Gasteiger partial charge < -0.3 is 14.8 Å². The number of esters is 1. The Labute approximate surface area is 153 Å². The Balaban J connectivity index is 2.07.